The van der Waals surface area contributed by atoms with Gasteiger partial charge in [0.1, 0.15) is 0 Å². The number of rotatable bonds is 3. The first-order valence-corrected chi connectivity index (χ1v) is 7.80. The Kier molecular flexibility index (Phi) is 3.72. The minimum atomic E-state index is 0.162. The van der Waals surface area contributed by atoms with Gasteiger partial charge in [0.25, 0.3) is 0 Å². The van der Waals surface area contributed by atoms with Crippen molar-refractivity contribution in [2.45, 2.75) is 38.6 Å². The average molecular weight is 279 g/mol. The predicted octanol–water partition coefficient (Wildman–Crippen LogP) is 3.47. The van der Waals surface area contributed by atoms with Gasteiger partial charge in [-0.15, -0.1) is 0 Å². The van der Waals surface area contributed by atoms with Crippen LogP contribution < -0.4 is 10.6 Å². The van der Waals surface area contributed by atoms with Crippen molar-refractivity contribution in [3.8, 4) is 0 Å². The fourth-order valence-corrected chi connectivity index (χ4v) is 3.94. The molecule has 1 saturated heterocycles. The molecule has 1 aromatic carbocycles. The highest BCUT2D eigenvalue weighted by atomic mass is 35.5. The molecule has 2 aliphatic rings. The van der Waals surface area contributed by atoms with Crippen molar-refractivity contribution in [3.05, 3.63) is 28.8 Å². The van der Waals surface area contributed by atoms with E-state index in [4.69, 9.17) is 17.3 Å². The molecule has 0 bridgehead atoms. The molecular weight excluding hydrogens is 256 g/mol. The molecule has 1 heterocycles. The van der Waals surface area contributed by atoms with Gasteiger partial charge < -0.3 is 10.6 Å². The topological polar surface area (TPSA) is 29.3 Å². The monoisotopic (exact) mass is 278 g/mol. The lowest BCUT2D eigenvalue weighted by Gasteiger charge is -2.21. The van der Waals surface area contributed by atoms with E-state index in [9.17, 15) is 0 Å². The first kappa shape index (κ1) is 13.3. The van der Waals surface area contributed by atoms with Gasteiger partial charge in [0.15, 0.2) is 0 Å². The highest BCUT2D eigenvalue weighted by molar-refractivity contribution is 6.31. The third-order valence-electron chi connectivity index (χ3n) is 4.67. The summed E-state index contributed by atoms with van der Waals surface area (Å²) in [5, 5.41) is 0.867. The zero-order valence-corrected chi connectivity index (χ0v) is 12.4. The van der Waals surface area contributed by atoms with E-state index < -0.39 is 0 Å². The second-order valence-electron chi connectivity index (χ2n) is 6.31. The molecule has 3 unspecified atom stereocenters. The molecule has 1 saturated carbocycles. The maximum Gasteiger partial charge on any atom is 0.0459 e. The molecule has 2 fully saturated rings. The molecule has 1 aliphatic heterocycles. The zero-order valence-electron chi connectivity index (χ0n) is 11.6. The maximum atomic E-state index is 6.39. The van der Waals surface area contributed by atoms with Gasteiger partial charge in [-0.3, -0.25) is 0 Å². The third kappa shape index (κ3) is 2.75. The van der Waals surface area contributed by atoms with Crippen LogP contribution in [-0.2, 0) is 6.42 Å². The van der Waals surface area contributed by atoms with E-state index in [0.717, 1.165) is 23.3 Å². The number of hydrogen-bond donors (Lipinski definition) is 1. The van der Waals surface area contributed by atoms with Crippen LogP contribution in [0.1, 0.15) is 31.7 Å². The van der Waals surface area contributed by atoms with Crippen LogP contribution in [0.3, 0.4) is 0 Å². The lowest BCUT2D eigenvalue weighted by molar-refractivity contribution is 0.494. The molecule has 0 spiro atoms. The minimum Gasteiger partial charge on any atom is -0.371 e. The van der Waals surface area contributed by atoms with Gasteiger partial charge in [0.2, 0.25) is 0 Å². The van der Waals surface area contributed by atoms with Crippen molar-refractivity contribution in [2.75, 3.05) is 18.0 Å². The number of benzene rings is 1. The lowest BCUT2D eigenvalue weighted by atomic mass is 10.0. The summed E-state index contributed by atoms with van der Waals surface area (Å²) in [7, 11) is 0. The number of hydrogen-bond acceptors (Lipinski definition) is 2. The number of nitrogens with zero attached hydrogens (tertiary/aromatic N) is 1. The van der Waals surface area contributed by atoms with Gasteiger partial charge in [-0.1, -0.05) is 24.1 Å². The summed E-state index contributed by atoms with van der Waals surface area (Å²) >= 11 is 6.39. The van der Waals surface area contributed by atoms with Crippen LogP contribution >= 0.6 is 11.6 Å². The quantitative estimate of drug-likeness (QED) is 0.917. The largest absolute Gasteiger partial charge is 0.371 e. The highest BCUT2D eigenvalue weighted by Crippen LogP contribution is 2.40. The highest BCUT2D eigenvalue weighted by Gasteiger charge is 2.36. The molecule has 0 aromatic heterocycles. The van der Waals surface area contributed by atoms with Gasteiger partial charge in [0.05, 0.1) is 0 Å². The van der Waals surface area contributed by atoms with Crippen LogP contribution in [0, 0.1) is 11.8 Å². The molecule has 1 aliphatic carbocycles. The Hall–Kier alpha value is -0.730. The van der Waals surface area contributed by atoms with E-state index in [2.05, 4.69) is 23.1 Å². The van der Waals surface area contributed by atoms with E-state index in [0.29, 0.717) is 0 Å². The van der Waals surface area contributed by atoms with Crippen LogP contribution in [0.25, 0.3) is 0 Å². The second-order valence-corrected chi connectivity index (χ2v) is 6.72. The normalized spacial score (nSPS) is 27.6. The van der Waals surface area contributed by atoms with Gasteiger partial charge in [0, 0.05) is 29.8 Å². The first-order chi connectivity index (χ1) is 9.13. The van der Waals surface area contributed by atoms with Crippen molar-refractivity contribution in [1.29, 1.82) is 0 Å². The molecule has 19 heavy (non-hydrogen) atoms. The Balaban J connectivity index is 1.74. The SMILES string of the molecule is CC(N)Cc1ccc(N2CC3CCCC3C2)cc1Cl. The lowest BCUT2D eigenvalue weighted by Crippen LogP contribution is -2.21. The van der Waals surface area contributed by atoms with Gasteiger partial charge in [-0.05, 0) is 55.7 Å². The van der Waals surface area contributed by atoms with E-state index in [1.54, 1.807) is 0 Å². The van der Waals surface area contributed by atoms with Crippen LogP contribution in [0.15, 0.2) is 18.2 Å². The van der Waals surface area contributed by atoms with E-state index in [1.807, 2.05) is 6.92 Å². The van der Waals surface area contributed by atoms with Crippen LogP contribution in [0.5, 0.6) is 0 Å². The van der Waals surface area contributed by atoms with Crippen molar-refractivity contribution in [2.24, 2.45) is 17.6 Å². The van der Waals surface area contributed by atoms with Crippen LogP contribution in [-0.4, -0.2) is 19.1 Å². The van der Waals surface area contributed by atoms with Crippen LogP contribution in [0.4, 0.5) is 5.69 Å². The smallest absolute Gasteiger partial charge is 0.0459 e. The summed E-state index contributed by atoms with van der Waals surface area (Å²) in [6.45, 7) is 4.45. The standard InChI is InChI=1S/C16H23ClN2/c1-11(18)7-12-5-6-15(8-16(12)17)19-9-13-3-2-4-14(13)10-19/h5-6,8,11,13-14H,2-4,7,9-10,18H2,1H3. The molecule has 3 rings (SSSR count). The Morgan fingerprint density at radius 2 is 2.00 bits per heavy atom. The molecule has 3 atom stereocenters. The van der Waals surface area contributed by atoms with Crippen molar-refractivity contribution in [3.63, 3.8) is 0 Å². The molecule has 1 aromatic rings. The molecule has 3 heteroatoms. The van der Waals surface area contributed by atoms with Crippen molar-refractivity contribution >= 4 is 17.3 Å². The third-order valence-corrected chi connectivity index (χ3v) is 5.02. The maximum absolute atomic E-state index is 6.39. The molecule has 2 nitrogen and oxygen atoms in total. The first-order valence-electron chi connectivity index (χ1n) is 7.42. The molecule has 0 radical (unpaired) electrons. The number of anilines is 1. The summed E-state index contributed by atoms with van der Waals surface area (Å²) in [6.07, 6.45) is 5.11. The van der Waals surface area contributed by atoms with Gasteiger partial charge >= 0.3 is 0 Å². The Labute approximate surface area is 120 Å². The molecule has 0 amide bonds. The summed E-state index contributed by atoms with van der Waals surface area (Å²) in [4.78, 5) is 2.51. The Bertz CT molecular complexity index is 446. The Morgan fingerprint density at radius 1 is 1.32 bits per heavy atom. The van der Waals surface area contributed by atoms with Crippen molar-refractivity contribution in [1.82, 2.24) is 0 Å². The second kappa shape index (κ2) is 5.34. The molecule has 2 N–H and O–H groups in total. The average Bonchev–Trinajstić information content (AvgIpc) is 2.91. The fourth-order valence-electron chi connectivity index (χ4n) is 3.69. The van der Waals surface area contributed by atoms with Crippen molar-refractivity contribution < 1.29 is 0 Å². The number of halogens is 1. The minimum absolute atomic E-state index is 0.162. The summed E-state index contributed by atoms with van der Waals surface area (Å²) in [6, 6.07) is 6.65. The van der Waals surface area contributed by atoms with Gasteiger partial charge in [-0.2, -0.15) is 0 Å². The van der Waals surface area contributed by atoms with E-state index in [-0.39, 0.29) is 6.04 Å². The van der Waals surface area contributed by atoms with Gasteiger partial charge in [-0.25, -0.2) is 0 Å². The summed E-state index contributed by atoms with van der Waals surface area (Å²) in [5.41, 5.74) is 8.30. The zero-order chi connectivity index (χ0) is 13.4. The fraction of sp³-hybridized carbons (Fsp3) is 0.625. The Morgan fingerprint density at radius 3 is 2.58 bits per heavy atom. The van der Waals surface area contributed by atoms with Crippen LogP contribution in [0.2, 0.25) is 5.02 Å². The van der Waals surface area contributed by atoms with E-state index >= 15 is 0 Å². The number of nitrogens with two attached hydrogens (primary N) is 1. The summed E-state index contributed by atoms with van der Waals surface area (Å²) < 4.78 is 0. The number of fused-ring (bicyclic) bond motifs is 1. The predicted molar refractivity (Wildman–Crippen MR) is 81.8 cm³/mol. The molecule has 104 valence electrons. The summed E-state index contributed by atoms with van der Waals surface area (Å²) in [5.74, 6) is 1.84. The molecular formula is C16H23ClN2. The van der Waals surface area contributed by atoms with E-state index in [1.165, 1.54) is 43.6 Å².